The molecule has 8 nitrogen and oxygen atoms in total. The zero-order valence-corrected chi connectivity index (χ0v) is 20.9. The Bertz CT molecular complexity index is 1270. The fourth-order valence-electron chi connectivity index (χ4n) is 5.37. The minimum Gasteiger partial charge on any atom is -0.360 e. The second kappa shape index (κ2) is 10.7. The number of H-pyrrole nitrogens is 1. The summed E-state index contributed by atoms with van der Waals surface area (Å²) in [5, 5.41) is 8.25. The van der Waals surface area contributed by atoms with Crippen molar-refractivity contribution in [2.24, 2.45) is 5.92 Å². The van der Waals surface area contributed by atoms with Crippen LogP contribution >= 0.6 is 11.6 Å². The Morgan fingerprint density at radius 1 is 1.17 bits per heavy atom. The largest absolute Gasteiger partial charge is 0.360 e. The van der Waals surface area contributed by atoms with E-state index >= 15 is 0 Å². The Labute approximate surface area is 215 Å². The van der Waals surface area contributed by atoms with Gasteiger partial charge in [-0.05, 0) is 50.7 Å². The van der Waals surface area contributed by atoms with E-state index in [1.807, 2.05) is 30.5 Å². The van der Waals surface area contributed by atoms with Crippen molar-refractivity contribution in [3.05, 3.63) is 54.3 Å². The summed E-state index contributed by atoms with van der Waals surface area (Å²) in [6.07, 6.45) is 10.2. The number of nitrogens with one attached hydrogen (secondary N) is 3. The fraction of sp³-hybridized carbons (Fsp3) is 0.407. The van der Waals surface area contributed by atoms with E-state index in [9.17, 15) is 9.59 Å². The lowest BCUT2D eigenvalue weighted by atomic mass is 9.90. The number of hydrogen-bond donors (Lipinski definition) is 3. The van der Waals surface area contributed by atoms with Crippen LogP contribution in [0.1, 0.15) is 38.5 Å². The van der Waals surface area contributed by atoms with E-state index in [4.69, 9.17) is 16.6 Å². The third-order valence-corrected chi connectivity index (χ3v) is 7.50. The first-order valence-corrected chi connectivity index (χ1v) is 13.0. The number of carbonyl (C=O) groups is 2. The van der Waals surface area contributed by atoms with E-state index in [1.165, 1.54) is 6.08 Å². The Balaban J connectivity index is 1.23. The summed E-state index contributed by atoms with van der Waals surface area (Å²) >= 11 is 6.48. The maximum Gasteiger partial charge on any atom is 0.245 e. The number of anilines is 1. The molecule has 1 aromatic carbocycles. The van der Waals surface area contributed by atoms with Gasteiger partial charge in [0.15, 0.2) is 0 Å². The maximum absolute atomic E-state index is 13.0. The number of benzene rings is 1. The summed E-state index contributed by atoms with van der Waals surface area (Å²) in [4.78, 5) is 39.1. The summed E-state index contributed by atoms with van der Waals surface area (Å²) < 4.78 is 0. The predicted octanol–water partition coefficient (Wildman–Crippen LogP) is 4.54. The second-order valence-corrected chi connectivity index (χ2v) is 10.1. The first-order valence-electron chi connectivity index (χ1n) is 12.6. The number of piperidine rings is 1. The summed E-state index contributed by atoms with van der Waals surface area (Å²) in [6, 6.07) is 8.26. The van der Waals surface area contributed by atoms with Gasteiger partial charge in [-0.2, -0.15) is 0 Å². The molecule has 3 unspecified atom stereocenters. The lowest BCUT2D eigenvalue weighted by molar-refractivity contribution is -0.132. The maximum atomic E-state index is 13.0. The molecule has 3 aromatic rings. The quantitative estimate of drug-likeness (QED) is 0.426. The van der Waals surface area contributed by atoms with E-state index in [-0.39, 0.29) is 29.8 Å². The number of nitrogens with zero attached hydrogens (tertiary/aromatic N) is 3. The first kappa shape index (κ1) is 24.3. The molecule has 188 valence electrons. The number of para-hydroxylation sites is 1. The minimum atomic E-state index is -0.172. The van der Waals surface area contributed by atoms with Gasteiger partial charge in [0.2, 0.25) is 17.8 Å². The molecule has 3 heterocycles. The van der Waals surface area contributed by atoms with Gasteiger partial charge in [-0.3, -0.25) is 9.59 Å². The number of hydrogen-bond acceptors (Lipinski definition) is 5. The SMILES string of the molecule is C=CC(=O)N1CCCC(C(=O)NC2CCCC(Nc3ncc(Cl)c(-c4c[nH]c5ccccc45)n3)C2)C1. The monoisotopic (exact) mass is 506 g/mol. The van der Waals surface area contributed by atoms with Crippen molar-refractivity contribution in [2.45, 2.75) is 50.6 Å². The van der Waals surface area contributed by atoms with Gasteiger partial charge < -0.3 is 20.5 Å². The molecule has 2 aromatic heterocycles. The molecular formula is C27H31ClN6O2. The van der Waals surface area contributed by atoms with E-state index in [0.717, 1.165) is 55.0 Å². The van der Waals surface area contributed by atoms with Crippen LogP contribution in [-0.4, -0.2) is 56.8 Å². The minimum absolute atomic E-state index is 0.0339. The van der Waals surface area contributed by atoms with Crippen LogP contribution in [0.25, 0.3) is 22.2 Å². The molecule has 2 amide bonds. The van der Waals surface area contributed by atoms with Crippen LogP contribution in [0.5, 0.6) is 0 Å². The van der Waals surface area contributed by atoms with Crippen LogP contribution < -0.4 is 10.6 Å². The van der Waals surface area contributed by atoms with E-state index in [0.29, 0.717) is 29.8 Å². The Morgan fingerprint density at radius 3 is 2.86 bits per heavy atom. The van der Waals surface area contributed by atoms with Crippen LogP contribution in [0, 0.1) is 5.92 Å². The van der Waals surface area contributed by atoms with Crippen LogP contribution in [0.15, 0.2) is 49.3 Å². The molecule has 0 bridgehead atoms. The third-order valence-electron chi connectivity index (χ3n) is 7.22. The number of aromatic nitrogens is 3. The molecule has 0 spiro atoms. The molecule has 2 fully saturated rings. The lowest BCUT2D eigenvalue weighted by Crippen LogP contribution is -2.49. The molecule has 5 rings (SSSR count). The van der Waals surface area contributed by atoms with Crippen molar-refractivity contribution < 1.29 is 9.59 Å². The summed E-state index contributed by atoms with van der Waals surface area (Å²) in [5.74, 6) is 0.285. The number of carbonyl (C=O) groups excluding carboxylic acids is 2. The van der Waals surface area contributed by atoms with Crippen LogP contribution in [0.3, 0.4) is 0 Å². The van der Waals surface area contributed by atoms with Gasteiger partial charge in [-0.1, -0.05) is 36.4 Å². The number of fused-ring (bicyclic) bond motifs is 1. The Kier molecular flexibility index (Phi) is 7.23. The van der Waals surface area contributed by atoms with Gasteiger partial charge in [0.05, 0.1) is 22.8 Å². The van der Waals surface area contributed by atoms with Crippen LogP contribution in [-0.2, 0) is 9.59 Å². The summed E-state index contributed by atoms with van der Waals surface area (Å²) in [5.41, 5.74) is 2.65. The first-order chi connectivity index (χ1) is 17.5. The molecule has 1 aliphatic heterocycles. The number of rotatable bonds is 6. The molecule has 9 heteroatoms. The molecule has 36 heavy (non-hydrogen) atoms. The standard InChI is InChI=1S/C27H31ClN6O2/c1-2-24(35)34-12-6-7-17(16-34)26(36)31-18-8-5-9-19(13-18)32-27-30-15-22(28)25(33-27)21-14-29-23-11-4-3-10-20(21)23/h2-4,10-11,14-15,17-19,29H,1,5-9,12-13,16H2,(H,31,36)(H,30,32,33). The van der Waals surface area contributed by atoms with Gasteiger partial charge in [0.1, 0.15) is 0 Å². The van der Waals surface area contributed by atoms with Crippen LogP contribution in [0.4, 0.5) is 5.95 Å². The fourth-order valence-corrected chi connectivity index (χ4v) is 5.56. The summed E-state index contributed by atoms with van der Waals surface area (Å²) in [7, 11) is 0. The van der Waals surface area contributed by atoms with Crippen molar-refractivity contribution in [3.8, 4) is 11.3 Å². The molecule has 0 radical (unpaired) electrons. The van der Waals surface area contributed by atoms with Gasteiger partial charge in [0.25, 0.3) is 0 Å². The highest BCUT2D eigenvalue weighted by Crippen LogP contribution is 2.33. The average Bonchev–Trinajstić information content (AvgIpc) is 3.33. The zero-order chi connectivity index (χ0) is 25.1. The Morgan fingerprint density at radius 2 is 2.00 bits per heavy atom. The van der Waals surface area contributed by atoms with Crippen molar-refractivity contribution in [1.82, 2.24) is 25.2 Å². The Hall–Kier alpha value is -3.39. The van der Waals surface area contributed by atoms with Gasteiger partial charge in [-0.25, -0.2) is 9.97 Å². The molecule has 2 aliphatic rings. The molecular weight excluding hydrogens is 476 g/mol. The number of likely N-dealkylation sites (tertiary alicyclic amines) is 1. The van der Waals surface area contributed by atoms with Crippen molar-refractivity contribution in [3.63, 3.8) is 0 Å². The van der Waals surface area contributed by atoms with Crippen molar-refractivity contribution in [2.75, 3.05) is 18.4 Å². The van der Waals surface area contributed by atoms with Gasteiger partial charge in [-0.15, -0.1) is 0 Å². The van der Waals surface area contributed by atoms with E-state index in [1.54, 1.807) is 11.1 Å². The van der Waals surface area contributed by atoms with Gasteiger partial charge in [0, 0.05) is 47.8 Å². The van der Waals surface area contributed by atoms with Crippen molar-refractivity contribution in [1.29, 1.82) is 0 Å². The highest BCUT2D eigenvalue weighted by atomic mass is 35.5. The normalized spacial score (nSPS) is 22.2. The molecule has 1 saturated carbocycles. The van der Waals surface area contributed by atoms with E-state index in [2.05, 4.69) is 27.2 Å². The topological polar surface area (TPSA) is 103 Å². The third kappa shape index (κ3) is 5.23. The molecule has 1 aliphatic carbocycles. The second-order valence-electron chi connectivity index (χ2n) is 9.68. The number of halogens is 1. The summed E-state index contributed by atoms with van der Waals surface area (Å²) in [6.45, 7) is 4.71. The average molecular weight is 507 g/mol. The predicted molar refractivity (Wildman–Crippen MR) is 142 cm³/mol. The number of aromatic amines is 1. The molecule has 1 saturated heterocycles. The molecule has 3 atom stereocenters. The number of amides is 2. The van der Waals surface area contributed by atoms with Gasteiger partial charge >= 0.3 is 0 Å². The van der Waals surface area contributed by atoms with E-state index < -0.39 is 0 Å². The molecule has 3 N–H and O–H groups in total. The highest BCUT2D eigenvalue weighted by molar-refractivity contribution is 6.33. The highest BCUT2D eigenvalue weighted by Gasteiger charge is 2.30. The lowest BCUT2D eigenvalue weighted by Gasteiger charge is -2.34. The van der Waals surface area contributed by atoms with Crippen molar-refractivity contribution >= 4 is 40.3 Å². The zero-order valence-electron chi connectivity index (χ0n) is 20.2. The smallest absolute Gasteiger partial charge is 0.245 e. The van der Waals surface area contributed by atoms with Crippen LogP contribution in [0.2, 0.25) is 5.02 Å².